The van der Waals surface area contributed by atoms with Crippen molar-refractivity contribution in [2.45, 2.75) is 38.8 Å². The molecule has 27 heavy (non-hydrogen) atoms. The van der Waals surface area contributed by atoms with Crippen LogP contribution in [0.25, 0.3) is 0 Å². The first kappa shape index (κ1) is 19.0. The number of hydrogen-bond acceptors (Lipinski definition) is 6. The zero-order valence-electron chi connectivity index (χ0n) is 15.9. The fourth-order valence-corrected chi connectivity index (χ4v) is 3.44. The van der Waals surface area contributed by atoms with Crippen LogP contribution in [0.5, 0.6) is 11.5 Å². The number of carbonyl (C=O) groups is 2. The first-order valence-corrected chi connectivity index (χ1v) is 9.16. The summed E-state index contributed by atoms with van der Waals surface area (Å²) in [6.45, 7) is 4.92. The molecule has 8 heteroatoms. The van der Waals surface area contributed by atoms with Gasteiger partial charge in [0, 0.05) is 31.0 Å². The second kappa shape index (κ2) is 8.28. The summed E-state index contributed by atoms with van der Waals surface area (Å²) < 4.78 is 10.9. The SMILES string of the molecule is CCOc1cc([C@@H]2CC(=O)N(CC(=O)NC3CC(C)=NN3)C2)ccc1OC. The zero-order chi connectivity index (χ0) is 19.4. The number of nitrogens with zero attached hydrogens (tertiary/aromatic N) is 2. The van der Waals surface area contributed by atoms with E-state index in [1.807, 2.05) is 32.0 Å². The lowest BCUT2D eigenvalue weighted by atomic mass is 9.98. The Balaban J connectivity index is 1.60. The summed E-state index contributed by atoms with van der Waals surface area (Å²) in [5.41, 5.74) is 4.82. The average Bonchev–Trinajstić information content (AvgIpc) is 3.21. The van der Waals surface area contributed by atoms with Gasteiger partial charge in [0.2, 0.25) is 11.8 Å². The smallest absolute Gasteiger partial charge is 0.241 e. The molecular formula is C19H26N4O4. The number of methoxy groups -OCH3 is 1. The molecule has 146 valence electrons. The first-order chi connectivity index (χ1) is 13.0. The molecule has 2 aliphatic rings. The molecule has 1 saturated heterocycles. The van der Waals surface area contributed by atoms with Gasteiger partial charge in [0.25, 0.3) is 0 Å². The van der Waals surface area contributed by atoms with Gasteiger partial charge >= 0.3 is 0 Å². The summed E-state index contributed by atoms with van der Waals surface area (Å²) in [6.07, 6.45) is 0.866. The van der Waals surface area contributed by atoms with Crippen molar-refractivity contribution in [1.82, 2.24) is 15.6 Å². The van der Waals surface area contributed by atoms with Crippen LogP contribution >= 0.6 is 0 Å². The lowest BCUT2D eigenvalue weighted by Crippen LogP contribution is -2.46. The highest BCUT2D eigenvalue weighted by Gasteiger charge is 2.32. The Bertz CT molecular complexity index is 749. The van der Waals surface area contributed by atoms with Crippen LogP contribution in [0.4, 0.5) is 0 Å². The van der Waals surface area contributed by atoms with Gasteiger partial charge in [-0.2, -0.15) is 5.10 Å². The third-order valence-electron chi connectivity index (χ3n) is 4.75. The van der Waals surface area contributed by atoms with Crippen molar-refractivity contribution in [3.8, 4) is 11.5 Å². The highest BCUT2D eigenvalue weighted by Crippen LogP contribution is 2.34. The Labute approximate surface area is 158 Å². The van der Waals surface area contributed by atoms with Crippen LogP contribution in [0, 0.1) is 0 Å². The minimum Gasteiger partial charge on any atom is -0.493 e. The molecule has 0 saturated carbocycles. The monoisotopic (exact) mass is 374 g/mol. The van der Waals surface area contributed by atoms with Gasteiger partial charge in [0.15, 0.2) is 11.5 Å². The van der Waals surface area contributed by atoms with Crippen LogP contribution in [0.2, 0.25) is 0 Å². The van der Waals surface area contributed by atoms with Gasteiger partial charge in [-0.3, -0.25) is 15.0 Å². The predicted molar refractivity (Wildman–Crippen MR) is 101 cm³/mol. The van der Waals surface area contributed by atoms with Gasteiger partial charge in [-0.15, -0.1) is 0 Å². The normalized spacial score (nSPS) is 21.7. The van der Waals surface area contributed by atoms with Crippen LogP contribution in [0.3, 0.4) is 0 Å². The number of likely N-dealkylation sites (tertiary alicyclic amines) is 1. The highest BCUT2D eigenvalue weighted by molar-refractivity contribution is 5.88. The number of carbonyl (C=O) groups excluding carboxylic acids is 2. The van der Waals surface area contributed by atoms with Crippen LogP contribution in [-0.2, 0) is 9.59 Å². The molecule has 1 unspecified atom stereocenters. The van der Waals surface area contributed by atoms with Crippen molar-refractivity contribution in [1.29, 1.82) is 0 Å². The summed E-state index contributed by atoms with van der Waals surface area (Å²) >= 11 is 0. The minimum atomic E-state index is -0.193. The van der Waals surface area contributed by atoms with Crippen molar-refractivity contribution < 1.29 is 19.1 Å². The van der Waals surface area contributed by atoms with E-state index in [2.05, 4.69) is 15.8 Å². The molecule has 1 aromatic carbocycles. The fourth-order valence-electron chi connectivity index (χ4n) is 3.44. The summed E-state index contributed by atoms with van der Waals surface area (Å²) in [7, 11) is 1.60. The van der Waals surface area contributed by atoms with Crippen molar-refractivity contribution >= 4 is 17.5 Å². The minimum absolute atomic E-state index is 0.0178. The number of amides is 2. The Hall–Kier alpha value is -2.77. The number of rotatable bonds is 7. The topological polar surface area (TPSA) is 92.3 Å². The Morgan fingerprint density at radius 3 is 2.85 bits per heavy atom. The van der Waals surface area contributed by atoms with E-state index in [0.717, 1.165) is 11.3 Å². The van der Waals surface area contributed by atoms with Gasteiger partial charge < -0.3 is 19.7 Å². The van der Waals surface area contributed by atoms with E-state index in [4.69, 9.17) is 9.47 Å². The van der Waals surface area contributed by atoms with Gasteiger partial charge in [0.05, 0.1) is 20.3 Å². The summed E-state index contributed by atoms with van der Waals surface area (Å²) in [5, 5.41) is 6.91. The standard InChI is InChI=1S/C19H26N4O4/c1-4-27-16-8-13(5-6-15(16)26-3)14-9-19(25)23(10-14)11-18(24)20-17-7-12(2)21-22-17/h5-6,8,14,17,22H,4,7,9-11H2,1-3H3,(H,20,24)/t14-,17?/m1/s1. The molecule has 1 fully saturated rings. The number of nitrogens with one attached hydrogen (secondary N) is 2. The molecule has 0 bridgehead atoms. The largest absolute Gasteiger partial charge is 0.493 e. The van der Waals surface area contributed by atoms with Gasteiger partial charge in [-0.05, 0) is 31.5 Å². The molecule has 2 heterocycles. The third-order valence-corrected chi connectivity index (χ3v) is 4.75. The van der Waals surface area contributed by atoms with Crippen LogP contribution in [-0.4, -0.2) is 55.4 Å². The molecule has 2 amide bonds. The quantitative estimate of drug-likeness (QED) is 0.749. The molecule has 0 aromatic heterocycles. The summed E-state index contributed by atoms with van der Waals surface area (Å²) in [4.78, 5) is 26.2. The van der Waals surface area contributed by atoms with E-state index in [9.17, 15) is 9.59 Å². The van der Waals surface area contributed by atoms with E-state index < -0.39 is 0 Å². The fraction of sp³-hybridized carbons (Fsp3) is 0.526. The van der Waals surface area contributed by atoms with E-state index in [1.54, 1.807) is 12.0 Å². The van der Waals surface area contributed by atoms with Gasteiger partial charge in [-0.1, -0.05) is 6.07 Å². The van der Waals surface area contributed by atoms with Crippen molar-refractivity contribution in [3.63, 3.8) is 0 Å². The van der Waals surface area contributed by atoms with E-state index in [-0.39, 0.29) is 30.4 Å². The average molecular weight is 374 g/mol. The Morgan fingerprint density at radius 1 is 1.37 bits per heavy atom. The van der Waals surface area contributed by atoms with E-state index in [1.165, 1.54) is 0 Å². The lowest BCUT2D eigenvalue weighted by Gasteiger charge is -2.19. The molecule has 2 N–H and O–H groups in total. The molecule has 0 spiro atoms. The maximum atomic E-state index is 12.4. The first-order valence-electron chi connectivity index (χ1n) is 9.16. The van der Waals surface area contributed by atoms with Crippen molar-refractivity contribution in [2.75, 3.05) is 26.8 Å². The van der Waals surface area contributed by atoms with E-state index in [0.29, 0.717) is 37.5 Å². The van der Waals surface area contributed by atoms with Crippen LogP contribution in [0.15, 0.2) is 23.3 Å². The van der Waals surface area contributed by atoms with Gasteiger partial charge in [-0.25, -0.2) is 0 Å². The molecule has 2 aliphatic heterocycles. The van der Waals surface area contributed by atoms with Crippen LogP contribution < -0.4 is 20.2 Å². The van der Waals surface area contributed by atoms with Crippen molar-refractivity contribution in [2.24, 2.45) is 5.10 Å². The second-order valence-corrected chi connectivity index (χ2v) is 6.82. The Kier molecular flexibility index (Phi) is 5.83. The predicted octanol–water partition coefficient (Wildman–Crippen LogP) is 1.22. The molecule has 3 rings (SSSR count). The zero-order valence-corrected chi connectivity index (χ0v) is 15.9. The molecule has 0 aliphatic carbocycles. The third kappa shape index (κ3) is 4.50. The number of ether oxygens (including phenoxy) is 2. The lowest BCUT2D eigenvalue weighted by molar-refractivity contribution is -0.133. The summed E-state index contributed by atoms with van der Waals surface area (Å²) in [6, 6.07) is 5.73. The molecule has 2 atom stereocenters. The molecule has 0 radical (unpaired) electrons. The number of benzene rings is 1. The highest BCUT2D eigenvalue weighted by atomic mass is 16.5. The maximum Gasteiger partial charge on any atom is 0.241 e. The number of hydrazone groups is 1. The van der Waals surface area contributed by atoms with Crippen molar-refractivity contribution in [3.05, 3.63) is 23.8 Å². The maximum absolute atomic E-state index is 12.4. The molecule has 1 aromatic rings. The molecular weight excluding hydrogens is 348 g/mol. The second-order valence-electron chi connectivity index (χ2n) is 6.82. The van der Waals surface area contributed by atoms with Crippen LogP contribution in [0.1, 0.15) is 38.2 Å². The molecule has 8 nitrogen and oxygen atoms in total. The summed E-state index contributed by atoms with van der Waals surface area (Å²) in [5.74, 6) is 1.17. The Morgan fingerprint density at radius 2 is 2.19 bits per heavy atom. The van der Waals surface area contributed by atoms with E-state index >= 15 is 0 Å². The van der Waals surface area contributed by atoms with Gasteiger partial charge in [0.1, 0.15) is 6.17 Å². The number of hydrogen-bond donors (Lipinski definition) is 2.